The fraction of sp³-hybridized carbons (Fsp3) is 0.393. The zero-order valence-electron chi connectivity index (χ0n) is 21.3. The molecular formula is C28H30F3N5OS. The second-order valence-electron chi connectivity index (χ2n) is 9.69. The number of halogens is 3. The third-order valence-corrected chi connectivity index (χ3v) is 8.04. The molecule has 5 rings (SSSR count). The summed E-state index contributed by atoms with van der Waals surface area (Å²) in [5.74, 6) is 5.95. The number of hydrogen-bond donors (Lipinski definition) is 3. The molecule has 0 aliphatic carbocycles. The predicted octanol–water partition coefficient (Wildman–Crippen LogP) is 4.85. The maximum Gasteiger partial charge on any atom is 0.299 e. The number of nitrogens with one attached hydrogen (secondary N) is 3. The smallest absolute Gasteiger partial charge is 0.299 e. The predicted molar refractivity (Wildman–Crippen MR) is 146 cm³/mol. The van der Waals surface area contributed by atoms with Crippen LogP contribution in [0, 0.1) is 11.8 Å². The third-order valence-electron chi connectivity index (χ3n) is 6.94. The molecule has 1 fully saturated rings. The number of rotatable bonds is 5. The van der Waals surface area contributed by atoms with Crippen molar-refractivity contribution in [1.82, 2.24) is 14.6 Å². The van der Waals surface area contributed by atoms with Gasteiger partial charge in [0, 0.05) is 43.5 Å². The number of pyridine rings is 1. The lowest BCUT2D eigenvalue weighted by molar-refractivity contribution is 0.0957. The lowest BCUT2D eigenvalue weighted by atomic mass is 10.0. The van der Waals surface area contributed by atoms with Crippen molar-refractivity contribution in [2.24, 2.45) is 0 Å². The van der Waals surface area contributed by atoms with Crippen LogP contribution in [-0.4, -0.2) is 66.4 Å². The molecule has 1 saturated heterocycles. The van der Waals surface area contributed by atoms with Crippen molar-refractivity contribution in [2.45, 2.75) is 41.8 Å². The van der Waals surface area contributed by atoms with Crippen molar-refractivity contribution in [3.63, 3.8) is 0 Å². The number of likely N-dealkylation sites (tertiary alicyclic amines) is 1. The number of carbonyl (C=O) groups excluding carboxylic acids is 1. The standard InChI is InChI=1S/C28H30F3N5OS/c1-32-26(37)18-5-7-20(8-6-18)33-14-3-4-19-16-25-24(34-23-12-15-35(2)17-22(23)29)10-9-21-11-13-28(30,31)38-27(19)36(21)25/h5-10,16,22-23,33-34H,11-15,17H2,1-2H3,(H,32,37)/t22-,23+/m0/s1. The number of anilines is 2. The molecule has 200 valence electrons. The zero-order chi connectivity index (χ0) is 26.9. The summed E-state index contributed by atoms with van der Waals surface area (Å²) < 4.78 is 46.0. The summed E-state index contributed by atoms with van der Waals surface area (Å²) in [4.78, 5) is 13.7. The van der Waals surface area contributed by atoms with Crippen molar-refractivity contribution in [3.05, 3.63) is 59.3 Å². The summed E-state index contributed by atoms with van der Waals surface area (Å²) in [7, 11) is 3.48. The highest BCUT2D eigenvalue weighted by Crippen LogP contribution is 2.45. The van der Waals surface area contributed by atoms with Gasteiger partial charge in [0.25, 0.3) is 11.2 Å². The summed E-state index contributed by atoms with van der Waals surface area (Å²) in [5, 5.41) is 6.59. The van der Waals surface area contributed by atoms with Crippen LogP contribution in [0.1, 0.15) is 34.5 Å². The molecule has 1 aromatic carbocycles. The van der Waals surface area contributed by atoms with Gasteiger partial charge in [-0.1, -0.05) is 11.8 Å². The van der Waals surface area contributed by atoms with Crippen LogP contribution in [0.2, 0.25) is 0 Å². The van der Waals surface area contributed by atoms with Crippen molar-refractivity contribution < 1.29 is 18.0 Å². The number of aromatic nitrogens is 1. The number of alkyl halides is 3. The van der Waals surface area contributed by atoms with Crippen LogP contribution >= 0.6 is 11.8 Å². The average Bonchev–Trinajstić information content (AvgIpc) is 3.18. The van der Waals surface area contributed by atoms with E-state index in [2.05, 4.69) is 27.8 Å². The number of benzene rings is 1. The Labute approximate surface area is 224 Å². The van der Waals surface area contributed by atoms with Gasteiger partial charge < -0.3 is 25.3 Å². The third kappa shape index (κ3) is 5.59. The second-order valence-corrected chi connectivity index (χ2v) is 10.9. The van der Waals surface area contributed by atoms with E-state index in [1.54, 1.807) is 31.3 Å². The molecule has 2 aromatic heterocycles. The van der Waals surface area contributed by atoms with Crippen molar-refractivity contribution in [2.75, 3.05) is 44.4 Å². The largest absolute Gasteiger partial charge is 0.378 e. The molecule has 0 radical (unpaired) electrons. The first kappa shape index (κ1) is 26.3. The molecule has 1 amide bonds. The van der Waals surface area contributed by atoms with E-state index in [-0.39, 0.29) is 24.8 Å². The Hall–Kier alpha value is -3.29. The first-order valence-corrected chi connectivity index (χ1v) is 13.4. The SMILES string of the molecule is CNC(=O)c1ccc(NCC#Cc2cc3c(N[C@@H]4CCN(C)C[C@@H]4F)ccc4n3c2SC(F)(F)CC4)cc1. The van der Waals surface area contributed by atoms with Crippen molar-refractivity contribution >= 4 is 34.6 Å². The lowest BCUT2D eigenvalue weighted by Gasteiger charge is -2.33. The van der Waals surface area contributed by atoms with Gasteiger partial charge in [-0.05, 0) is 74.1 Å². The maximum atomic E-state index is 14.8. The van der Waals surface area contributed by atoms with Gasteiger partial charge in [-0.3, -0.25) is 4.79 Å². The average molecular weight is 542 g/mol. The molecule has 3 aromatic rings. The molecule has 0 bridgehead atoms. The molecule has 4 heterocycles. The molecule has 0 spiro atoms. The molecule has 38 heavy (non-hydrogen) atoms. The van der Waals surface area contributed by atoms with E-state index >= 15 is 0 Å². The fourth-order valence-corrected chi connectivity index (χ4v) is 5.89. The van der Waals surface area contributed by atoms with Gasteiger partial charge in [0.05, 0.1) is 29.4 Å². The van der Waals surface area contributed by atoms with E-state index in [9.17, 15) is 18.0 Å². The van der Waals surface area contributed by atoms with Crippen molar-refractivity contribution in [1.29, 1.82) is 0 Å². The second kappa shape index (κ2) is 10.8. The molecule has 2 aliphatic heterocycles. The number of nitrogens with zero attached hydrogens (tertiary/aromatic N) is 2. The Bertz CT molecular complexity index is 1400. The van der Waals surface area contributed by atoms with Crippen molar-refractivity contribution in [3.8, 4) is 11.8 Å². The molecule has 0 unspecified atom stereocenters. The number of aryl methyl sites for hydroxylation is 1. The highest BCUT2D eigenvalue weighted by molar-refractivity contribution is 8.00. The monoisotopic (exact) mass is 541 g/mol. The van der Waals surface area contributed by atoms with Gasteiger partial charge in [-0.15, -0.1) is 0 Å². The zero-order valence-corrected chi connectivity index (χ0v) is 22.1. The van der Waals surface area contributed by atoms with Gasteiger partial charge >= 0.3 is 0 Å². The Morgan fingerprint density at radius 1 is 1.21 bits per heavy atom. The van der Waals surface area contributed by atoms with Gasteiger partial charge in [-0.2, -0.15) is 8.78 Å². The molecule has 3 N–H and O–H groups in total. The van der Waals surface area contributed by atoms with Gasteiger partial charge in [-0.25, -0.2) is 4.39 Å². The van der Waals surface area contributed by atoms with Crippen LogP contribution in [-0.2, 0) is 6.42 Å². The number of thioether (sulfide) groups is 1. The summed E-state index contributed by atoms with van der Waals surface area (Å²) in [6, 6.07) is 12.2. The first-order chi connectivity index (χ1) is 18.2. The van der Waals surface area contributed by atoms with E-state index in [4.69, 9.17) is 0 Å². The number of piperidine rings is 1. The normalized spacial score (nSPS) is 20.8. The van der Waals surface area contributed by atoms with E-state index in [0.29, 0.717) is 47.4 Å². The summed E-state index contributed by atoms with van der Waals surface area (Å²) in [5.41, 5.74) is 4.10. The minimum absolute atomic E-state index is 0.164. The highest BCUT2D eigenvalue weighted by atomic mass is 32.2. The quantitative estimate of drug-likeness (QED) is 0.404. The van der Waals surface area contributed by atoms with Crippen LogP contribution in [0.4, 0.5) is 24.5 Å². The molecule has 2 atom stereocenters. The maximum absolute atomic E-state index is 14.8. The Balaban J connectivity index is 1.41. The minimum Gasteiger partial charge on any atom is -0.378 e. The van der Waals surface area contributed by atoms with Gasteiger partial charge in [0.2, 0.25) is 0 Å². The van der Waals surface area contributed by atoms with Gasteiger partial charge in [0.1, 0.15) is 11.2 Å². The fourth-order valence-electron chi connectivity index (χ4n) is 4.88. The Morgan fingerprint density at radius 2 is 2.00 bits per heavy atom. The van der Waals surface area contributed by atoms with E-state index in [1.807, 2.05) is 34.5 Å². The van der Waals surface area contributed by atoms with E-state index < -0.39 is 11.4 Å². The van der Waals surface area contributed by atoms with Crippen LogP contribution in [0.5, 0.6) is 0 Å². The Morgan fingerprint density at radius 3 is 2.74 bits per heavy atom. The molecule has 6 nitrogen and oxygen atoms in total. The first-order valence-electron chi connectivity index (χ1n) is 12.6. The molecular weight excluding hydrogens is 511 g/mol. The summed E-state index contributed by atoms with van der Waals surface area (Å²) >= 11 is 0.538. The van der Waals surface area contributed by atoms with Crippen LogP contribution < -0.4 is 16.0 Å². The molecule has 10 heteroatoms. The number of amides is 1. The van der Waals surface area contributed by atoms with Crippen LogP contribution in [0.3, 0.4) is 0 Å². The molecule has 2 aliphatic rings. The highest BCUT2D eigenvalue weighted by Gasteiger charge is 2.36. The summed E-state index contributed by atoms with van der Waals surface area (Å²) in [6.07, 6.45) is -0.385. The molecule has 0 saturated carbocycles. The van der Waals surface area contributed by atoms with Gasteiger partial charge in [0.15, 0.2) is 0 Å². The summed E-state index contributed by atoms with van der Waals surface area (Å²) in [6.45, 7) is 1.45. The number of carbonyl (C=O) groups is 1. The Kier molecular flexibility index (Phi) is 7.50. The van der Waals surface area contributed by atoms with Crippen LogP contribution in [0.15, 0.2) is 47.5 Å². The van der Waals surface area contributed by atoms with E-state index in [0.717, 1.165) is 29.1 Å². The lowest BCUT2D eigenvalue weighted by Crippen LogP contribution is -2.46. The number of hydrogen-bond acceptors (Lipinski definition) is 5. The minimum atomic E-state index is -2.92. The van der Waals surface area contributed by atoms with E-state index in [1.165, 1.54) is 0 Å². The topological polar surface area (TPSA) is 60.8 Å². The van der Waals surface area contributed by atoms with Crippen LogP contribution in [0.25, 0.3) is 5.52 Å².